The molecule has 0 aliphatic rings. The van der Waals surface area contributed by atoms with Crippen molar-refractivity contribution < 1.29 is 10.1 Å². The Bertz CT molecular complexity index is 145. The molecule has 0 atom stereocenters. The summed E-state index contributed by atoms with van der Waals surface area (Å²) >= 11 is 0. The summed E-state index contributed by atoms with van der Waals surface area (Å²) in [5.74, 6) is 0. The SMILES string of the molecule is CCCCN([N+](=O)[O-])[N+](=O)[O-]. The van der Waals surface area contributed by atoms with E-state index in [1.165, 1.54) is 0 Å². The Morgan fingerprint density at radius 3 is 2.00 bits per heavy atom. The fraction of sp³-hybridized carbons (Fsp3) is 1.00. The first-order valence-corrected chi connectivity index (χ1v) is 3.15. The highest BCUT2D eigenvalue weighted by atomic mass is 16.8. The molecule has 0 fully saturated rings. The second-order valence-corrected chi connectivity index (χ2v) is 1.93. The number of hydrogen-bond donors (Lipinski definition) is 0. The first kappa shape index (κ1) is 9.60. The maximum absolute atomic E-state index is 9.94. The number of hydrazine groups is 2. The van der Waals surface area contributed by atoms with Crippen molar-refractivity contribution in [1.82, 2.24) is 5.12 Å². The summed E-state index contributed by atoms with van der Waals surface area (Å²) in [5, 5.41) is 17.8. The topological polar surface area (TPSA) is 89.5 Å². The highest BCUT2D eigenvalue weighted by Gasteiger charge is 2.25. The van der Waals surface area contributed by atoms with Crippen molar-refractivity contribution >= 4 is 0 Å². The number of rotatable bonds is 5. The third kappa shape index (κ3) is 3.33. The van der Waals surface area contributed by atoms with Gasteiger partial charge in [0, 0.05) is 0 Å². The summed E-state index contributed by atoms with van der Waals surface area (Å²) in [6.07, 6.45) is 1.14. The minimum absolute atomic E-state index is 0.0104. The number of unbranched alkanes of at least 4 members (excludes halogenated alkanes) is 1. The van der Waals surface area contributed by atoms with Gasteiger partial charge < -0.3 is 0 Å². The first-order valence-electron chi connectivity index (χ1n) is 3.15. The molecule has 0 N–H and O–H groups in total. The Labute approximate surface area is 62.8 Å². The quantitative estimate of drug-likeness (QED) is 0.434. The van der Waals surface area contributed by atoms with Crippen molar-refractivity contribution in [3.05, 3.63) is 20.2 Å². The van der Waals surface area contributed by atoms with E-state index in [9.17, 15) is 20.2 Å². The van der Waals surface area contributed by atoms with Crippen LogP contribution < -0.4 is 0 Å². The van der Waals surface area contributed by atoms with Crippen molar-refractivity contribution in [3.63, 3.8) is 0 Å². The molecule has 0 saturated heterocycles. The van der Waals surface area contributed by atoms with Crippen LogP contribution in [0.3, 0.4) is 0 Å². The first-order chi connectivity index (χ1) is 5.09. The maximum atomic E-state index is 9.94. The van der Waals surface area contributed by atoms with E-state index in [1.54, 1.807) is 6.92 Å². The van der Waals surface area contributed by atoms with Crippen LogP contribution in [0.1, 0.15) is 19.8 Å². The lowest BCUT2D eigenvalue weighted by Crippen LogP contribution is -2.36. The van der Waals surface area contributed by atoms with Gasteiger partial charge in [0.2, 0.25) is 10.1 Å². The van der Waals surface area contributed by atoms with Crippen molar-refractivity contribution in [1.29, 1.82) is 0 Å². The summed E-state index contributed by atoms with van der Waals surface area (Å²) < 4.78 is 0. The fourth-order valence-corrected chi connectivity index (χ4v) is 0.522. The molecule has 0 saturated carbocycles. The van der Waals surface area contributed by atoms with Crippen molar-refractivity contribution in [2.24, 2.45) is 0 Å². The van der Waals surface area contributed by atoms with Gasteiger partial charge >= 0.3 is 0 Å². The largest absolute Gasteiger partial charge is 0.230 e. The summed E-state index contributed by atoms with van der Waals surface area (Å²) in [6, 6.07) is 0. The molecular formula is C4H9N3O4. The van der Waals surface area contributed by atoms with Crippen LogP contribution in [-0.4, -0.2) is 21.7 Å². The van der Waals surface area contributed by atoms with Crippen LogP contribution in [0.5, 0.6) is 0 Å². The second-order valence-electron chi connectivity index (χ2n) is 1.93. The van der Waals surface area contributed by atoms with Gasteiger partial charge in [-0.15, -0.1) is 0 Å². The van der Waals surface area contributed by atoms with E-state index in [2.05, 4.69) is 0 Å². The minimum Gasteiger partial charge on any atom is -0.230 e. The van der Waals surface area contributed by atoms with E-state index in [1.807, 2.05) is 0 Å². The van der Waals surface area contributed by atoms with Crippen LogP contribution in [-0.2, 0) is 0 Å². The van der Waals surface area contributed by atoms with E-state index in [-0.39, 0.29) is 11.7 Å². The average molecular weight is 163 g/mol. The van der Waals surface area contributed by atoms with E-state index in [0.717, 1.165) is 0 Å². The molecule has 0 unspecified atom stereocenters. The highest BCUT2D eigenvalue weighted by Crippen LogP contribution is 1.94. The van der Waals surface area contributed by atoms with E-state index >= 15 is 0 Å². The number of nitro groups is 2. The van der Waals surface area contributed by atoms with Crippen molar-refractivity contribution in [2.45, 2.75) is 19.8 Å². The molecule has 0 aromatic rings. The van der Waals surface area contributed by atoms with Crippen molar-refractivity contribution in [2.75, 3.05) is 6.54 Å². The molecule has 64 valence electrons. The molecule has 0 aliphatic heterocycles. The third-order valence-corrected chi connectivity index (χ3v) is 1.09. The zero-order valence-corrected chi connectivity index (χ0v) is 6.10. The normalized spacial score (nSPS) is 9.18. The Hall–Kier alpha value is -1.40. The van der Waals surface area contributed by atoms with Crippen molar-refractivity contribution in [3.8, 4) is 0 Å². The van der Waals surface area contributed by atoms with Crippen LogP contribution >= 0.6 is 0 Å². The maximum Gasteiger partial charge on any atom is 0.222 e. The third-order valence-electron chi connectivity index (χ3n) is 1.09. The molecular weight excluding hydrogens is 154 g/mol. The molecule has 0 amide bonds. The molecule has 0 bridgehead atoms. The Kier molecular flexibility index (Phi) is 3.86. The standard InChI is InChI=1S/C4H9N3O4/c1-2-3-4-5(6(8)9)7(10)11/h2-4H2,1H3. The van der Waals surface area contributed by atoms with E-state index in [0.29, 0.717) is 12.8 Å². The van der Waals surface area contributed by atoms with Gasteiger partial charge in [-0.3, -0.25) is 0 Å². The molecule has 7 nitrogen and oxygen atoms in total. The van der Waals surface area contributed by atoms with Gasteiger partial charge in [-0.1, -0.05) is 13.3 Å². The van der Waals surface area contributed by atoms with E-state index < -0.39 is 10.1 Å². The monoisotopic (exact) mass is 163 g/mol. The van der Waals surface area contributed by atoms with Crippen LogP contribution in [0.2, 0.25) is 0 Å². The molecule has 7 heteroatoms. The van der Waals surface area contributed by atoms with Gasteiger partial charge in [-0.2, -0.15) is 0 Å². The molecule has 0 aliphatic carbocycles. The second kappa shape index (κ2) is 4.42. The zero-order chi connectivity index (χ0) is 8.85. The van der Waals surface area contributed by atoms with Crippen LogP contribution in [0.4, 0.5) is 0 Å². The van der Waals surface area contributed by atoms with Gasteiger partial charge in [0.15, 0.2) is 5.12 Å². The van der Waals surface area contributed by atoms with E-state index in [4.69, 9.17) is 0 Å². The molecule has 0 aromatic heterocycles. The predicted molar refractivity (Wildman–Crippen MR) is 35.6 cm³/mol. The summed E-state index contributed by atoms with van der Waals surface area (Å²) in [7, 11) is 0. The number of hydrogen-bond acceptors (Lipinski definition) is 4. The summed E-state index contributed by atoms with van der Waals surface area (Å²) in [6.45, 7) is 1.66. The van der Waals surface area contributed by atoms with Gasteiger partial charge in [0.25, 0.3) is 0 Å². The van der Waals surface area contributed by atoms with Crippen LogP contribution in [0.25, 0.3) is 0 Å². The molecule has 0 spiro atoms. The molecule has 0 aromatic carbocycles. The minimum atomic E-state index is -1.02. The summed E-state index contributed by atoms with van der Waals surface area (Å²) in [5.41, 5.74) is 0. The summed E-state index contributed by atoms with van der Waals surface area (Å²) in [4.78, 5) is 19.9. The molecule has 0 radical (unpaired) electrons. The Morgan fingerprint density at radius 2 is 1.73 bits per heavy atom. The lowest BCUT2D eigenvalue weighted by Gasteiger charge is -2.00. The lowest BCUT2D eigenvalue weighted by molar-refractivity contribution is -0.907. The Morgan fingerprint density at radius 1 is 1.27 bits per heavy atom. The van der Waals surface area contributed by atoms with Gasteiger partial charge in [-0.25, -0.2) is 20.2 Å². The molecule has 11 heavy (non-hydrogen) atoms. The van der Waals surface area contributed by atoms with Crippen LogP contribution in [0.15, 0.2) is 0 Å². The average Bonchev–Trinajstić information content (AvgIpc) is 1.87. The lowest BCUT2D eigenvalue weighted by atomic mass is 10.3. The Balaban J connectivity index is 3.90. The highest BCUT2D eigenvalue weighted by molar-refractivity contribution is 4.33. The van der Waals surface area contributed by atoms with Crippen LogP contribution in [0, 0.1) is 20.2 Å². The van der Waals surface area contributed by atoms with Gasteiger partial charge in [-0.05, 0) is 6.42 Å². The predicted octanol–water partition coefficient (Wildman–Crippen LogP) is 0.472. The van der Waals surface area contributed by atoms with Gasteiger partial charge in [0.05, 0.1) is 0 Å². The number of nitrogens with zero attached hydrogens (tertiary/aromatic N) is 3. The van der Waals surface area contributed by atoms with Gasteiger partial charge in [0.1, 0.15) is 6.54 Å². The smallest absolute Gasteiger partial charge is 0.222 e. The molecule has 0 rings (SSSR count). The zero-order valence-electron chi connectivity index (χ0n) is 6.10. The molecule has 0 heterocycles. The fourth-order valence-electron chi connectivity index (χ4n) is 0.522.